The number of carbonyl (C=O) groups excluding carboxylic acids is 2. The normalized spacial score (nSPS) is 10.3. The van der Waals surface area contributed by atoms with Crippen molar-refractivity contribution in [3.8, 4) is 16.3 Å². The Hall–Kier alpha value is -3.19. The fourth-order valence-electron chi connectivity index (χ4n) is 2.35. The number of aromatic nitrogens is 1. The van der Waals surface area contributed by atoms with Crippen LogP contribution in [0.25, 0.3) is 10.6 Å². The summed E-state index contributed by atoms with van der Waals surface area (Å²) < 4.78 is 5.14. The summed E-state index contributed by atoms with van der Waals surface area (Å²) in [4.78, 5) is 27.9. The third kappa shape index (κ3) is 4.07. The predicted octanol–water partition coefficient (Wildman–Crippen LogP) is 2.85. The van der Waals surface area contributed by atoms with Gasteiger partial charge in [0.15, 0.2) is 0 Å². The molecule has 0 radical (unpaired) electrons. The minimum absolute atomic E-state index is 0.273. The largest absolute Gasteiger partial charge is 0.497 e. The van der Waals surface area contributed by atoms with Gasteiger partial charge in [-0.2, -0.15) is 0 Å². The van der Waals surface area contributed by atoms with Crippen molar-refractivity contribution in [2.75, 3.05) is 7.11 Å². The second-order valence-corrected chi connectivity index (χ2v) is 6.37. The van der Waals surface area contributed by atoms with Crippen molar-refractivity contribution in [2.24, 2.45) is 5.73 Å². The molecule has 1 aromatic heterocycles. The van der Waals surface area contributed by atoms with E-state index in [0.717, 1.165) is 21.9 Å². The van der Waals surface area contributed by atoms with Gasteiger partial charge in [0.25, 0.3) is 5.91 Å². The highest BCUT2D eigenvalue weighted by molar-refractivity contribution is 7.13. The smallest absolute Gasteiger partial charge is 0.271 e. The van der Waals surface area contributed by atoms with E-state index >= 15 is 0 Å². The topological polar surface area (TPSA) is 94.3 Å². The molecular formula is C19H17N3O3S. The first-order valence-electron chi connectivity index (χ1n) is 7.83. The van der Waals surface area contributed by atoms with Crippen LogP contribution in [0.1, 0.15) is 26.4 Å². The lowest BCUT2D eigenvalue weighted by atomic mass is 10.1. The van der Waals surface area contributed by atoms with Gasteiger partial charge in [0, 0.05) is 23.1 Å². The lowest BCUT2D eigenvalue weighted by molar-refractivity contribution is 0.0946. The van der Waals surface area contributed by atoms with Gasteiger partial charge in [-0.15, -0.1) is 11.3 Å². The number of hydrogen-bond donors (Lipinski definition) is 2. The summed E-state index contributed by atoms with van der Waals surface area (Å²) in [7, 11) is 1.61. The molecule has 6 nitrogen and oxygen atoms in total. The maximum absolute atomic E-state index is 12.3. The van der Waals surface area contributed by atoms with Gasteiger partial charge in [-0.05, 0) is 42.0 Å². The van der Waals surface area contributed by atoms with Crippen LogP contribution < -0.4 is 15.8 Å². The molecule has 0 aliphatic rings. The maximum atomic E-state index is 12.3. The van der Waals surface area contributed by atoms with Crippen LogP contribution >= 0.6 is 11.3 Å². The summed E-state index contributed by atoms with van der Waals surface area (Å²) in [6.07, 6.45) is 0. The number of primary amides is 1. The molecule has 3 rings (SSSR count). The Labute approximate surface area is 154 Å². The molecule has 0 bridgehead atoms. The number of nitrogens with one attached hydrogen (secondary N) is 1. The van der Waals surface area contributed by atoms with Gasteiger partial charge in [0.1, 0.15) is 16.5 Å². The molecule has 0 aliphatic carbocycles. The van der Waals surface area contributed by atoms with E-state index in [2.05, 4.69) is 10.3 Å². The summed E-state index contributed by atoms with van der Waals surface area (Å²) in [5, 5.41) is 5.27. The second kappa shape index (κ2) is 7.79. The van der Waals surface area contributed by atoms with E-state index in [4.69, 9.17) is 10.5 Å². The Bertz CT molecular complexity index is 935. The van der Waals surface area contributed by atoms with E-state index in [-0.39, 0.29) is 12.5 Å². The Kier molecular flexibility index (Phi) is 5.28. The van der Waals surface area contributed by atoms with E-state index in [0.29, 0.717) is 11.3 Å². The van der Waals surface area contributed by atoms with Gasteiger partial charge in [-0.25, -0.2) is 4.98 Å². The molecule has 132 valence electrons. The van der Waals surface area contributed by atoms with Crippen molar-refractivity contribution >= 4 is 23.2 Å². The zero-order valence-corrected chi connectivity index (χ0v) is 14.9. The molecular weight excluding hydrogens is 350 g/mol. The van der Waals surface area contributed by atoms with Crippen LogP contribution in [0.4, 0.5) is 0 Å². The average Bonchev–Trinajstić information content (AvgIpc) is 3.16. The van der Waals surface area contributed by atoms with Crippen molar-refractivity contribution in [3.63, 3.8) is 0 Å². The van der Waals surface area contributed by atoms with E-state index in [1.165, 1.54) is 11.3 Å². The molecule has 0 fully saturated rings. The van der Waals surface area contributed by atoms with E-state index < -0.39 is 5.91 Å². The number of rotatable bonds is 6. The first-order chi connectivity index (χ1) is 12.6. The van der Waals surface area contributed by atoms with E-state index in [1.807, 2.05) is 30.3 Å². The SMILES string of the molecule is COc1ccc(-c2nc(C(=O)NCc3cccc(C(N)=O)c3)cs2)cc1. The Morgan fingerprint density at radius 1 is 1.19 bits per heavy atom. The highest BCUT2D eigenvalue weighted by Gasteiger charge is 2.12. The van der Waals surface area contributed by atoms with Crippen molar-refractivity contribution in [1.29, 1.82) is 0 Å². The summed E-state index contributed by atoms with van der Waals surface area (Å²) in [6, 6.07) is 14.3. The molecule has 0 atom stereocenters. The maximum Gasteiger partial charge on any atom is 0.271 e. The standard InChI is InChI=1S/C19H17N3O3S/c1-25-15-7-5-13(6-8-15)19-22-16(11-26-19)18(24)21-10-12-3-2-4-14(9-12)17(20)23/h2-9,11H,10H2,1H3,(H2,20,23)(H,21,24). The lowest BCUT2D eigenvalue weighted by Gasteiger charge is -2.05. The summed E-state index contributed by atoms with van der Waals surface area (Å²) in [6.45, 7) is 0.287. The molecule has 0 spiro atoms. The third-order valence-electron chi connectivity index (χ3n) is 3.74. The van der Waals surface area contributed by atoms with Gasteiger partial charge < -0.3 is 15.8 Å². The monoisotopic (exact) mass is 367 g/mol. The zero-order valence-electron chi connectivity index (χ0n) is 14.1. The number of benzene rings is 2. The van der Waals surface area contributed by atoms with Crippen LogP contribution in [-0.4, -0.2) is 23.9 Å². The Balaban J connectivity index is 1.66. The van der Waals surface area contributed by atoms with Gasteiger partial charge in [-0.1, -0.05) is 12.1 Å². The second-order valence-electron chi connectivity index (χ2n) is 5.51. The molecule has 26 heavy (non-hydrogen) atoms. The number of ether oxygens (including phenoxy) is 1. The van der Waals surface area contributed by atoms with E-state index in [1.54, 1.807) is 30.7 Å². The Morgan fingerprint density at radius 3 is 2.65 bits per heavy atom. The molecule has 3 aromatic rings. The Morgan fingerprint density at radius 2 is 1.96 bits per heavy atom. The quantitative estimate of drug-likeness (QED) is 0.700. The third-order valence-corrected chi connectivity index (χ3v) is 4.63. The average molecular weight is 367 g/mol. The number of carbonyl (C=O) groups is 2. The van der Waals surface area contributed by atoms with Gasteiger partial charge in [0.05, 0.1) is 7.11 Å². The molecule has 0 saturated carbocycles. The summed E-state index contributed by atoms with van der Waals surface area (Å²) in [5.74, 6) is -0.00577. The zero-order chi connectivity index (χ0) is 18.5. The number of methoxy groups -OCH3 is 1. The summed E-state index contributed by atoms with van der Waals surface area (Å²) >= 11 is 1.40. The van der Waals surface area contributed by atoms with Crippen molar-refractivity contribution in [3.05, 3.63) is 70.7 Å². The van der Waals surface area contributed by atoms with Crippen molar-refractivity contribution in [2.45, 2.75) is 6.54 Å². The van der Waals surface area contributed by atoms with Gasteiger partial charge in [0.2, 0.25) is 5.91 Å². The fraction of sp³-hybridized carbons (Fsp3) is 0.105. The molecule has 7 heteroatoms. The fourth-order valence-corrected chi connectivity index (χ4v) is 3.16. The van der Waals surface area contributed by atoms with Crippen LogP contribution in [0.15, 0.2) is 53.9 Å². The van der Waals surface area contributed by atoms with Crippen LogP contribution in [0.2, 0.25) is 0 Å². The van der Waals surface area contributed by atoms with Gasteiger partial charge in [-0.3, -0.25) is 9.59 Å². The van der Waals surface area contributed by atoms with E-state index in [9.17, 15) is 9.59 Å². The van der Waals surface area contributed by atoms with Crippen molar-refractivity contribution < 1.29 is 14.3 Å². The van der Waals surface area contributed by atoms with Gasteiger partial charge >= 0.3 is 0 Å². The first-order valence-corrected chi connectivity index (χ1v) is 8.71. The van der Waals surface area contributed by atoms with Crippen LogP contribution in [0.5, 0.6) is 5.75 Å². The number of nitrogens with zero attached hydrogens (tertiary/aromatic N) is 1. The van der Waals surface area contributed by atoms with Crippen molar-refractivity contribution in [1.82, 2.24) is 10.3 Å². The molecule has 0 saturated heterocycles. The first kappa shape index (κ1) is 17.6. The molecule has 2 amide bonds. The molecule has 0 aliphatic heterocycles. The molecule has 1 heterocycles. The number of hydrogen-bond acceptors (Lipinski definition) is 5. The molecule has 0 unspecified atom stereocenters. The lowest BCUT2D eigenvalue weighted by Crippen LogP contribution is -2.23. The number of nitrogens with two attached hydrogens (primary N) is 1. The minimum atomic E-state index is -0.498. The molecule has 2 aromatic carbocycles. The van der Waals surface area contributed by atoms with Crippen LogP contribution in [0, 0.1) is 0 Å². The predicted molar refractivity (Wildman–Crippen MR) is 100 cm³/mol. The molecule has 3 N–H and O–H groups in total. The van der Waals surface area contributed by atoms with Crippen LogP contribution in [-0.2, 0) is 6.54 Å². The highest BCUT2D eigenvalue weighted by Crippen LogP contribution is 2.25. The number of thiazole rings is 1. The summed E-state index contributed by atoms with van der Waals surface area (Å²) in [5.41, 5.74) is 7.74. The highest BCUT2D eigenvalue weighted by atomic mass is 32.1. The van der Waals surface area contributed by atoms with Crippen LogP contribution in [0.3, 0.4) is 0 Å². The minimum Gasteiger partial charge on any atom is -0.497 e. The number of amides is 2.